The van der Waals surface area contributed by atoms with Gasteiger partial charge in [-0.2, -0.15) is 0 Å². The minimum absolute atomic E-state index is 0.512. The number of esters is 2. The van der Waals surface area contributed by atoms with Gasteiger partial charge in [0.2, 0.25) is 0 Å². The maximum absolute atomic E-state index is 12.4. The number of carbonyl (C=O) groups is 2. The van der Waals surface area contributed by atoms with Crippen LogP contribution in [0.3, 0.4) is 0 Å². The standard InChI is InChI=1S/C6H6F2O3/c1-6(7,8)3-2-4(9)11-5(3)10/h3H,2H2,1H3. The van der Waals surface area contributed by atoms with Gasteiger partial charge < -0.3 is 4.74 Å². The smallest absolute Gasteiger partial charge is 0.323 e. The van der Waals surface area contributed by atoms with E-state index in [2.05, 4.69) is 4.74 Å². The molecule has 3 nitrogen and oxygen atoms in total. The fourth-order valence-electron chi connectivity index (χ4n) is 0.861. The van der Waals surface area contributed by atoms with E-state index in [0.717, 1.165) is 0 Å². The largest absolute Gasteiger partial charge is 0.393 e. The Morgan fingerprint density at radius 2 is 2.09 bits per heavy atom. The van der Waals surface area contributed by atoms with Gasteiger partial charge in [-0.1, -0.05) is 0 Å². The molecule has 0 bridgehead atoms. The van der Waals surface area contributed by atoms with Crippen LogP contribution < -0.4 is 0 Å². The molecule has 0 aromatic heterocycles. The minimum atomic E-state index is -3.16. The van der Waals surface area contributed by atoms with Crippen molar-refractivity contribution >= 4 is 11.9 Å². The van der Waals surface area contributed by atoms with Crippen LogP contribution in [0, 0.1) is 5.92 Å². The molecule has 0 N–H and O–H groups in total. The van der Waals surface area contributed by atoms with Crippen molar-refractivity contribution in [3.05, 3.63) is 0 Å². The van der Waals surface area contributed by atoms with E-state index in [9.17, 15) is 18.4 Å². The van der Waals surface area contributed by atoms with Gasteiger partial charge in [-0.3, -0.25) is 9.59 Å². The Balaban J connectivity index is 2.76. The number of hydrogen-bond donors (Lipinski definition) is 0. The summed E-state index contributed by atoms with van der Waals surface area (Å²) in [6.45, 7) is 0.595. The van der Waals surface area contributed by atoms with Gasteiger partial charge in [-0.25, -0.2) is 8.78 Å². The molecule has 0 aliphatic carbocycles. The average Bonchev–Trinajstić information content (AvgIpc) is 2.08. The molecule has 0 aromatic rings. The first kappa shape index (κ1) is 8.10. The summed E-state index contributed by atoms with van der Waals surface area (Å²) in [7, 11) is 0. The first-order chi connectivity index (χ1) is 4.91. The summed E-state index contributed by atoms with van der Waals surface area (Å²) in [5, 5.41) is 0. The van der Waals surface area contributed by atoms with E-state index in [1.807, 2.05) is 0 Å². The van der Waals surface area contributed by atoms with E-state index < -0.39 is 30.2 Å². The molecular formula is C6H6F2O3. The summed E-state index contributed by atoms with van der Waals surface area (Å²) in [5.74, 6) is -6.75. The van der Waals surface area contributed by atoms with Crippen LogP contribution in [0.25, 0.3) is 0 Å². The molecule has 0 spiro atoms. The number of cyclic esters (lactones) is 2. The summed E-state index contributed by atoms with van der Waals surface area (Å²) >= 11 is 0. The molecule has 0 saturated carbocycles. The second-order valence-corrected chi connectivity index (χ2v) is 2.51. The fourth-order valence-corrected chi connectivity index (χ4v) is 0.861. The number of alkyl halides is 2. The van der Waals surface area contributed by atoms with Gasteiger partial charge >= 0.3 is 11.9 Å². The van der Waals surface area contributed by atoms with E-state index in [1.165, 1.54) is 0 Å². The number of rotatable bonds is 1. The number of halogens is 2. The lowest BCUT2D eigenvalue weighted by molar-refractivity contribution is -0.156. The predicted octanol–water partition coefficient (Wildman–Crippen LogP) is 0.731. The monoisotopic (exact) mass is 164 g/mol. The molecule has 1 atom stereocenters. The Bertz CT molecular complexity index is 206. The van der Waals surface area contributed by atoms with Gasteiger partial charge in [-0.15, -0.1) is 0 Å². The Kier molecular flexibility index (Phi) is 1.66. The van der Waals surface area contributed by atoms with Crippen molar-refractivity contribution in [1.82, 2.24) is 0 Å². The van der Waals surface area contributed by atoms with Crippen LogP contribution in [0.4, 0.5) is 8.78 Å². The summed E-state index contributed by atoms with van der Waals surface area (Å²) < 4.78 is 28.7. The summed E-state index contributed by atoms with van der Waals surface area (Å²) in [6.07, 6.45) is -0.512. The van der Waals surface area contributed by atoms with Crippen LogP contribution >= 0.6 is 0 Å². The van der Waals surface area contributed by atoms with E-state index >= 15 is 0 Å². The predicted molar refractivity (Wildman–Crippen MR) is 29.8 cm³/mol. The topological polar surface area (TPSA) is 43.4 Å². The van der Waals surface area contributed by atoms with E-state index in [1.54, 1.807) is 0 Å². The average molecular weight is 164 g/mol. The fraction of sp³-hybridized carbons (Fsp3) is 0.667. The molecule has 62 valence electrons. The normalized spacial score (nSPS) is 25.5. The third-order valence-corrected chi connectivity index (χ3v) is 1.48. The van der Waals surface area contributed by atoms with Gasteiger partial charge in [0.05, 0.1) is 6.42 Å². The summed E-state index contributed by atoms with van der Waals surface area (Å²) in [4.78, 5) is 20.8. The Labute approximate surface area is 61.3 Å². The first-order valence-corrected chi connectivity index (χ1v) is 3.03. The maximum Gasteiger partial charge on any atom is 0.323 e. The molecule has 5 heteroatoms. The SMILES string of the molecule is CC(F)(F)C1CC(=O)OC1=O. The zero-order chi connectivity index (χ0) is 8.65. The lowest BCUT2D eigenvalue weighted by Crippen LogP contribution is -2.27. The number of hydrogen-bond acceptors (Lipinski definition) is 3. The number of ether oxygens (including phenoxy) is 1. The van der Waals surface area contributed by atoms with E-state index in [4.69, 9.17) is 0 Å². The molecular weight excluding hydrogens is 158 g/mol. The van der Waals surface area contributed by atoms with Crippen LogP contribution in [-0.2, 0) is 14.3 Å². The highest BCUT2D eigenvalue weighted by atomic mass is 19.3. The van der Waals surface area contributed by atoms with Crippen molar-refractivity contribution in [2.24, 2.45) is 5.92 Å². The first-order valence-electron chi connectivity index (χ1n) is 3.03. The lowest BCUT2D eigenvalue weighted by atomic mass is 10.0. The van der Waals surface area contributed by atoms with Gasteiger partial charge in [0.1, 0.15) is 5.92 Å². The molecule has 1 aliphatic rings. The molecule has 0 aromatic carbocycles. The zero-order valence-electron chi connectivity index (χ0n) is 5.77. The highest BCUT2D eigenvalue weighted by Crippen LogP contribution is 2.31. The third kappa shape index (κ3) is 1.53. The van der Waals surface area contributed by atoms with E-state index in [-0.39, 0.29) is 0 Å². The highest BCUT2D eigenvalue weighted by Gasteiger charge is 2.47. The molecule has 1 saturated heterocycles. The van der Waals surface area contributed by atoms with E-state index in [0.29, 0.717) is 6.92 Å². The maximum atomic E-state index is 12.4. The van der Waals surface area contributed by atoms with Crippen LogP contribution in [-0.4, -0.2) is 17.9 Å². The summed E-state index contributed by atoms with van der Waals surface area (Å²) in [6, 6.07) is 0. The van der Waals surface area contributed by atoms with Crippen LogP contribution in [0.15, 0.2) is 0 Å². The molecule has 1 aliphatic heterocycles. The van der Waals surface area contributed by atoms with Gasteiger partial charge in [0.25, 0.3) is 5.92 Å². The number of carbonyl (C=O) groups excluding carboxylic acids is 2. The Hall–Kier alpha value is -1.00. The van der Waals surface area contributed by atoms with Gasteiger partial charge in [0, 0.05) is 6.92 Å². The Morgan fingerprint density at radius 1 is 1.55 bits per heavy atom. The zero-order valence-corrected chi connectivity index (χ0v) is 5.77. The van der Waals surface area contributed by atoms with Gasteiger partial charge in [-0.05, 0) is 0 Å². The third-order valence-electron chi connectivity index (χ3n) is 1.48. The molecule has 0 radical (unpaired) electrons. The second-order valence-electron chi connectivity index (χ2n) is 2.51. The van der Waals surface area contributed by atoms with Crippen molar-refractivity contribution in [2.45, 2.75) is 19.3 Å². The molecule has 1 fully saturated rings. The van der Waals surface area contributed by atoms with Gasteiger partial charge in [0.15, 0.2) is 0 Å². The molecule has 1 unspecified atom stereocenters. The minimum Gasteiger partial charge on any atom is -0.393 e. The van der Waals surface area contributed by atoms with Crippen molar-refractivity contribution in [3.63, 3.8) is 0 Å². The van der Waals surface area contributed by atoms with Crippen molar-refractivity contribution in [3.8, 4) is 0 Å². The van der Waals surface area contributed by atoms with Crippen LogP contribution in [0.2, 0.25) is 0 Å². The molecule has 1 rings (SSSR count). The van der Waals surface area contributed by atoms with Crippen molar-refractivity contribution in [1.29, 1.82) is 0 Å². The summed E-state index contributed by atoms with van der Waals surface area (Å²) in [5.41, 5.74) is 0. The van der Waals surface area contributed by atoms with Crippen molar-refractivity contribution < 1.29 is 23.1 Å². The van der Waals surface area contributed by atoms with Crippen molar-refractivity contribution in [2.75, 3.05) is 0 Å². The van der Waals surface area contributed by atoms with Crippen LogP contribution in [0.1, 0.15) is 13.3 Å². The molecule has 0 amide bonds. The highest BCUT2D eigenvalue weighted by molar-refractivity contribution is 5.95. The lowest BCUT2D eigenvalue weighted by Gasteiger charge is -2.12. The molecule has 11 heavy (non-hydrogen) atoms. The Morgan fingerprint density at radius 3 is 2.27 bits per heavy atom. The van der Waals surface area contributed by atoms with Crippen LogP contribution in [0.5, 0.6) is 0 Å². The quantitative estimate of drug-likeness (QED) is 0.424. The molecule has 1 heterocycles. The second kappa shape index (κ2) is 2.25.